The third-order valence-corrected chi connectivity index (χ3v) is 12.7. The molecule has 0 spiro atoms. The molecule has 11 aromatic carbocycles. The van der Waals surface area contributed by atoms with Crippen molar-refractivity contribution < 1.29 is 4.42 Å². The van der Waals surface area contributed by atoms with Gasteiger partial charge in [-0.25, -0.2) is 0 Å². The van der Waals surface area contributed by atoms with Crippen molar-refractivity contribution in [1.82, 2.24) is 4.57 Å². The average Bonchev–Trinajstić information content (AvgIpc) is 3.87. The highest BCUT2D eigenvalue weighted by atomic mass is 16.3. The Bertz CT molecular complexity index is 3890. The van der Waals surface area contributed by atoms with Gasteiger partial charge in [0, 0.05) is 49.4 Å². The molecule has 2 aromatic heterocycles. The highest BCUT2D eigenvalue weighted by Gasteiger charge is 2.22. The zero-order valence-corrected chi connectivity index (χ0v) is 33.1. The van der Waals surface area contributed by atoms with Gasteiger partial charge in [0.25, 0.3) is 0 Å². The Morgan fingerprint density at radius 2 is 0.951 bits per heavy atom. The number of hydrogen-bond donors (Lipinski definition) is 0. The number of hydrogen-bond acceptors (Lipinski definition) is 2. The number of fused-ring (bicyclic) bond motifs is 12. The van der Waals surface area contributed by atoms with Gasteiger partial charge in [-0.2, -0.15) is 0 Å². The molecule has 61 heavy (non-hydrogen) atoms. The monoisotopic (exact) mass is 776 g/mol. The van der Waals surface area contributed by atoms with Gasteiger partial charge in [0.2, 0.25) is 0 Å². The normalized spacial score (nSPS) is 11.9. The van der Waals surface area contributed by atoms with Crippen molar-refractivity contribution in [1.29, 1.82) is 0 Å². The quantitative estimate of drug-likeness (QED) is 0.174. The van der Waals surface area contributed by atoms with E-state index < -0.39 is 0 Å². The predicted octanol–water partition coefficient (Wildman–Crippen LogP) is 16.4. The van der Waals surface area contributed by atoms with Crippen LogP contribution in [-0.4, -0.2) is 4.57 Å². The molecule has 284 valence electrons. The molecule has 13 rings (SSSR count). The lowest BCUT2D eigenvalue weighted by molar-refractivity contribution is 0.669. The first-order chi connectivity index (χ1) is 30.2. The van der Waals surface area contributed by atoms with Crippen molar-refractivity contribution in [3.8, 4) is 16.8 Å². The summed E-state index contributed by atoms with van der Waals surface area (Å²) in [5.74, 6) is 0. The lowest BCUT2D eigenvalue weighted by atomic mass is 9.96. The minimum absolute atomic E-state index is 0.874. The van der Waals surface area contributed by atoms with E-state index in [4.69, 9.17) is 4.42 Å². The molecule has 2 heterocycles. The third-order valence-electron chi connectivity index (χ3n) is 12.7. The van der Waals surface area contributed by atoms with Crippen molar-refractivity contribution in [2.24, 2.45) is 0 Å². The summed E-state index contributed by atoms with van der Waals surface area (Å²) in [6, 6.07) is 79.5. The third kappa shape index (κ3) is 5.17. The first kappa shape index (κ1) is 33.8. The Hall–Kier alpha value is -8.14. The highest BCUT2D eigenvalue weighted by Crippen LogP contribution is 2.46. The Balaban J connectivity index is 1.12. The number of anilines is 3. The van der Waals surface area contributed by atoms with Crippen LogP contribution >= 0.6 is 0 Å². The van der Waals surface area contributed by atoms with Crippen LogP contribution in [0.5, 0.6) is 0 Å². The van der Waals surface area contributed by atoms with Gasteiger partial charge in [-0.1, -0.05) is 158 Å². The zero-order valence-electron chi connectivity index (χ0n) is 33.1. The smallest absolute Gasteiger partial charge is 0.136 e. The minimum Gasteiger partial charge on any atom is -0.456 e. The van der Waals surface area contributed by atoms with E-state index in [1.165, 1.54) is 76.2 Å². The molecule has 0 aliphatic heterocycles. The number of nitrogens with zero attached hydrogens (tertiary/aromatic N) is 2. The van der Waals surface area contributed by atoms with Crippen molar-refractivity contribution >= 4 is 104 Å². The summed E-state index contributed by atoms with van der Waals surface area (Å²) in [6.45, 7) is 0. The molecule has 0 bridgehead atoms. The number of furan rings is 1. The van der Waals surface area contributed by atoms with Crippen LogP contribution < -0.4 is 4.90 Å². The van der Waals surface area contributed by atoms with Crippen molar-refractivity contribution in [3.63, 3.8) is 0 Å². The second kappa shape index (κ2) is 13.2. The summed E-state index contributed by atoms with van der Waals surface area (Å²) in [7, 11) is 0. The maximum absolute atomic E-state index is 6.54. The van der Waals surface area contributed by atoms with Crippen molar-refractivity contribution in [2.45, 2.75) is 0 Å². The molecule has 0 unspecified atom stereocenters. The van der Waals surface area contributed by atoms with E-state index in [1.807, 2.05) is 0 Å². The summed E-state index contributed by atoms with van der Waals surface area (Å²) >= 11 is 0. The minimum atomic E-state index is 0.874. The molecule has 3 heteroatoms. The fourth-order valence-corrected chi connectivity index (χ4v) is 9.96. The standard InChI is InChI=1S/C58H36N2O/c1-2-13-38(14-3-1)50-36-44(33-41-18-7-8-20-45(41)50)59(43-28-32-55-52(35-43)57-47-22-10-5-16-39(47)26-31-56(57)61-55)42-27-30-54-51(34-42)49-29-25-40-17-6-11-23-48(40)58(49)60(54)53-24-12-19-37-15-4-9-21-46(37)53/h1-36H. The van der Waals surface area contributed by atoms with Gasteiger partial charge in [-0.15, -0.1) is 0 Å². The molecule has 0 N–H and O–H groups in total. The molecule has 0 amide bonds. The number of benzene rings is 11. The van der Waals surface area contributed by atoms with Crippen LogP contribution in [0.3, 0.4) is 0 Å². The van der Waals surface area contributed by atoms with Crippen LogP contribution in [0, 0.1) is 0 Å². The topological polar surface area (TPSA) is 21.3 Å². The van der Waals surface area contributed by atoms with Crippen LogP contribution in [0.1, 0.15) is 0 Å². The van der Waals surface area contributed by atoms with Gasteiger partial charge in [-0.3, -0.25) is 0 Å². The Morgan fingerprint density at radius 3 is 1.77 bits per heavy atom. The van der Waals surface area contributed by atoms with Crippen molar-refractivity contribution in [2.75, 3.05) is 4.90 Å². The van der Waals surface area contributed by atoms with Crippen LogP contribution in [0.4, 0.5) is 17.1 Å². The molecule has 13 aromatic rings. The van der Waals surface area contributed by atoms with Gasteiger partial charge in [0.15, 0.2) is 0 Å². The zero-order chi connectivity index (χ0) is 40.0. The van der Waals surface area contributed by atoms with Gasteiger partial charge < -0.3 is 13.9 Å². The molecular weight excluding hydrogens is 741 g/mol. The molecule has 0 aliphatic rings. The Labute approximate surface area is 351 Å². The van der Waals surface area contributed by atoms with E-state index in [9.17, 15) is 0 Å². The van der Waals surface area contributed by atoms with E-state index in [0.717, 1.165) is 44.5 Å². The van der Waals surface area contributed by atoms with Crippen LogP contribution in [-0.2, 0) is 0 Å². The lowest BCUT2D eigenvalue weighted by Gasteiger charge is -2.27. The van der Waals surface area contributed by atoms with Gasteiger partial charge in [0.1, 0.15) is 11.2 Å². The molecule has 0 radical (unpaired) electrons. The summed E-state index contributed by atoms with van der Waals surface area (Å²) < 4.78 is 9.02. The average molecular weight is 777 g/mol. The van der Waals surface area contributed by atoms with Gasteiger partial charge in [0.05, 0.1) is 16.7 Å². The van der Waals surface area contributed by atoms with Gasteiger partial charge >= 0.3 is 0 Å². The van der Waals surface area contributed by atoms with Crippen LogP contribution in [0.25, 0.3) is 104 Å². The highest BCUT2D eigenvalue weighted by molar-refractivity contribution is 6.21. The predicted molar refractivity (Wildman–Crippen MR) is 258 cm³/mol. The SMILES string of the molecule is c1ccc(-c2cc(N(c3ccc4oc5ccc6ccccc6c5c4c3)c3ccc4c(c3)c3ccc5ccccc5c3n4-c3cccc4ccccc34)cc3ccccc23)cc1. The molecule has 0 fully saturated rings. The summed E-state index contributed by atoms with van der Waals surface area (Å²) in [4.78, 5) is 2.43. The number of aromatic nitrogens is 1. The van der Waals surface area contributed by atoms with E-state index in [-0.39, 0.29) is 0 Å². The van der Waals surface area contributed by atoms with E-state index in [1.54, 1.807) is 0 Å². The molecule has 0 atom stereocenters. The summed E-state index contributed by atoms with van der Waals surface area (Å²) in [6.07, 6.45) is 0. The maximum atomic E-state index is 6.54. The largest absolute Gasteiger partial charge is 0.456 e. The molecule has 3 nitrogen and oxygen atoms in total. The maximum Gasteiger partial charge on any atom is 0.136 e. The Kier molecular flexibility index (Phi) is 7.31. The molecular formula is C58H36N2O. The van der Waals surface area contributed by atoms with E-state index in [0.29, 0.717) is 0 Å². The first-order valence-electron chi connectivity index (χ1n) is 20.9. The van der Waals surface area contributed by atoms with E-state index >= 15 is 0 Å². The van der Waals surface area contributed by atoms with E-state index in [2.05, 4.69) is 228 Å². The molecule has 0 saturated heterocycles. The first-order valence-corrected chi connectivity index (χ1v) is 20.9. The van der Waals surface area contributed by atoms with Crippen LogP contribution in [0.15, 0.2) is 223 Å². The summed E-state index contributed by atoms with van der Waals surface area (Å²) in [5, 5.41) is 14.3. The molecule has 0 aliphatic carbocycles. The summed E-state index contributed by atoms with van der Waals surface area (Å²) in [5.41, 5.74) is 10.9. The second-order valence-corrected chi connectivity index (χ2v) is 16.1. The number of rotatable bonds is 5. The second-order valence-electron chi connectivity index (χ2n) is 16.1. The lowest BCUT2D eigenvalue weighted by Crippen LogP contribution is -2.10. The van der Waals surface area contributed by atoms with Crippen LogP contribution in [0.2, 0.25) is 0 Å². The fourth-order valence-electron chi connectivity index (χ4n) is 9.96. The van der Waals surface area contributed by atoms with Crippen molar-refractivity contribution in [3.05, 3.63) is 218 Å². The fraction of sp³-hybridized carbons (Fsp3) is 0. The Morgan fingerprint density at radius 1 is 0.344 bits per heavy atom. The molecule has 0 saturated carbocycles. The van der Waals surface area contributed by atoms with Gasteiger partial charge in [-0.05, 0) is 104 Å².